The van der Waals surface area contributed by atoms with Crippen molar-refractivity contribution in [2.45, 2.75) is 13.8 Å². The van der Waals surface area contributed by atoms with Crippen LogP contribution in [0.1, 0.15) is 18.2 Å². The molecule has 1 saturated heterocycles. The lowest BCUT2D eigenvalue weighted by Gasteiger charge is -2.18. The fourth-order valence-corrected chi connectivity index (χ4v) is 4.61. The second-order valence-electron chi connectivity index (χ2n) is 6.83. The van der Waals surface area contributed by atoms with Gasteiger partial charge in [0, 0.05) is 18.4 Å². The Morgan fingerprint density at radius 2 is 2.03 bits per heavy atom. The van der Waals surface area contributed by atoms with Crippen LogP contribution < -0.4 is 10.2 Å². The Kier molecular flexibility index (Phi) is 6.15. The Balaban J connectivity index is 1.59. The molecule has 1 aliphatic rings. The van der Waals surface area contributed by atoms with Crippen LogP contribution in [0.15, 0.2) is 57.7 Å². The highest BCUT2D eigenvalue weighted by Crippen LogP contribution is 2.33. The zero-order valence-corrected chi connectivity index (χ0v) is 18.6. The summed E-state index contributed by atoms with van der Waals surface area (Å²) in [6.07, 6.45) is 1.57. The van der Waals surface area contributed by atoms with E-state index in [4.69, 9.17) is 0 Å². The molecule has 3 aromatic rings. The van der Waals surface area contributed by atoms with Gasteiger partial charge in [-0.1, -0.05) is 12.1 Å². The quantitative estimate of drug-likeness (QED) is 0.525. The number of rotatable bonds is 4. The molecule has 162 valence electrons. The Morgan fingerprint density at radius 3 is 2.75 bits per heavy atom. The van der Waals surface area contributed by atoms with Crippen LogP contribution in [0.25, 0.3) is 6.08 Å². The van der Waals surface area contributed by atoms with Crippen molar-refractivity contribution in [2.75, 3.05) is 4.90 Å². The maximum Gasteiger partial charge on any atom is 0.264 e. The molecule has 0 saturated carbocycles. The molecular formula is C22H16F2N4O2S2. The number of carbonyl (C=O) groups excluding carboxylic acids is 2. The largest absolute Gasteiger partial charge is 0.300 e. The highest BCUT2D eigenvalue weighted by Gasteiger charge is 2.25. The lowest BCUT2D eigenvalue weighted by molar-refractivity contribution is -0.116. The van der Waals surface area contributed by atoms with Crippen molar-refractivity contribution in [3.8, 4) is 0 Å². The normalized spacial score (nSPS) is 15.9. The summed E-state index contributed by atoms with van der Waals surface area (Å²) in [5.41, 5.74) is 2.10. The number of benzene rings is 2. The molecule has 1 aliphatic heterocycles. The number of carbonyl (C=O) groups is 2. The third-order valence-corrected chi connectivity index (χ3v) is 6.08. The van der Waals surface area contributed by atoms with Crippen LogP contribution >= 0.6 is 23.1 Å². The molecule has 32 heavy (non-hydrogen) atoms. The first-order valence-corrected chi connectivity index (χ1v) is 11.1. The van der Waals surface area contributed by atoms with E-state index in [2.05, 4.69) is 15.3 Å². The van der Waals surface area contributed by atoms with Gasteiger partial charge < -0.3 is 5.32 Å². The number of amidine groups is 1. The molecule has 4 rings (SSSR count). The molecular weight excluding hydrogens is 454 g/mol. The van der Waals surface area contributed by atoms with Gasteiger partial charge in [0.05, 0.1) is 22.0 Å². The summed E-state index contributed by atoms with van der Waals surface area (Å²) in [6.45, 7) is 3.22. The lowest BCUT2D eigenvalue weighted by atomic mass is 10.2. The number of aromatic nitrogens is 1. The van der Waals surface area contributed by atoms with Crippen LogP contribution in [0.5, 0.6) is 0 Å². The molecule has 0 radical (unpaired) electrons. The number of aliphatic imine (C=N–C) groups is 1. The first-order valence-electron chi connectivity index (χ1n) is 9.37. The highest BCUT2D eigenvalue weighted by atomic mass is 32.2. The molecule has 6 nitrogen and oxygen atoms in total. The summed E-state index contributed by atoms with van der Waals surface area (Å²) in [6, 6.07) is 10.5. The maximum atomic E-state index is 14.2. The van der Waals surface area contributed by atoms with Gasteiger partial charge in [-0.2, -0.15) is 0 Å². The van der Waals surface area contributed by atoms with Gasteiger partial charge in [0.1, 0.15) is 11.6 Å². The van der Waals surface area contributed by atoms with Crippen LogP contribution in [-0.2, 0) is 9.59 Å². The van der Waals surface area contributed by atoms with E-state index in [1.807, 2.05) is 31.2 Å². The van der Waals surface area contributed by atoms with Gasteiger partial charge in [-0.3, -0.25) is 14.5 Å². The Labute approximate surface area is 190 Å². The molecule has 1 N–H and O–H groups in total. The number of hydrogen-bond acceptors (Lipinski definition) is 6. The summed E-state index contributed by atoms with van der Waals surface area (Å²) in [5, 5.41) is 5.00. The van der Waals surface area contributed by atoms with Crippen LogP contribution in [-0.4, -0.2) is 22.0 Å². The van der Waals surface area contributed by atoms with Gasteiger partial charge in [0.25, 0.3) is 5.91 Å². The van der Waals surface area contributed by atoms with Crippen LogP contribution in [0, 0.1) is 18.6 Å². The molecule has 0 unspecified atom stereocenters. The van der Waals surface area contributed by atoms with Crippen LogP contribution in [0.2, 0.25) is 0 Å². The number of thiazole rings is 1. The van der Waals surface area contributed by atoms with Crippen molar-refractivity contribution in [2.24, 2.45) is 4.99 Å². The molecule has 2 aromatic carbocycles. The number of hydrogen-bond donors (Lipinski definition) is 1. The van der Waals surface area contributed by atoms with Gasteiger partial charge in [0.2, 0.25) is 5.91 Å². The zero-order valence-electron chi connectivity index (χ0n) is 16.9. The van der Waals surface area contributed by atoms with E-state index in [1.165, 1.54) is 24.8 Å². The fraction of sp³-hybridized carbons (Fsp3) is 0.0909. The van der Waals surface area contributed by atoms with E-state index in [0.717, 1.165) is 33.6 Å². The van der Waals surface area contributed by atoms with Gasteiger partial charge in [-0.15, -0.1) is 11.3 Å². The number of nitrogens with zero attached hydrogens (tertiary/aromatic N) is 3. The highest BCUT2D eigenvalue weighted by molar-refractivity contribution is 8.18. The van der Waals surface area contributed by atoms with E-state index in [0.29, 0.717) is 21.8 Å². The smallest absolute Gasteiger partial charge is 0.264 e. The summed E-state index contributed by atoms with van der Waals surface area (Å²) >= 11 is 2.27. The van der Waals surface area contributed by atoms with Crippen molar-refractivity contribution < 1.29 is 18.4 Å². The van der Waals surface area contributed by atoms with Gasteiger partial charge in [-0.05, 0) is 54.6 Å². The van der Waals surface area contributed by atoms with E-state index in [9.17, 15) is 18.4 Å². The number of nitrogens with one attached hydrogen (secondary N) is 1. The van der Waals surface area contributed by atoms with Crippen molar-refractivity contribution in [3.63, 3.8) is 0 Å². The molecule has 1 aromatic heterocycles. The number of halogens is 2. The van der Waals surface area contributed by atoms with Gasteiger partial charge in [-0.25, -0.2) is 18.8 Å². The Morgan fingerprint density at radius 1 is 1.22 bits per heavy atom. The molecule has 2 amide bonds. The van der Waals surface area contributed by atoms with Gasteiger partial charge >= 0.3 is 0 Å². The summed E-state index contributed by atoms with van der Waals surface area (Å²) in [4.78, 5) is 34.7. The topological polar surface area (TPSA) is 74.7 Å². The first-order chi connectivity index (χ1) is 15.3. The Bertz CT molecular complexity index is 1290. The standard InChI is InChI=1S/C22H16F2N4O2S2/c1-12-4-3-5-15(8-12)25-21-27-20(30)19(32-21)10-16-11-31-22(26-16)28(13(2)29)18-7-6-14(23)9-17(18)24/h3-11H,1-2H3,(H,25,27,30)/b19-10+. The fourth-order valence-electron chi connectivity index (χ4n) is 2.94. The predicted octanol–water partition coefficient (Wildman–Crippen LogP) is 5.31. The molecule has 2 heterocycles. The van der Waals surface area contributed by atoms with E-state index < -0.39 is 17.5 Å². The van der Waals surface area contributed by atoms with Crippen molar-refractivity contribution in [1.82, 2.24) is 10.3 Å². The third-order valence-electron chi connectivity index (χ3n) is 4.33. The minimum atomic E-state index is -0.877. The van der Waals surface area contributed by atoms with Crippen LogP contribution in [0.4, 0.5) is 25.3 Å². The number of amides is 2. The van der Waals surface area contributed by atoms with E-state index in [1.54, 1.807) is 11.5 Å². The second kappa shape index (κ2) is 9.01. The van der Waals surface area contributed by atoms with Crippen molar-refractivity contribution in [1.29, 1.82) is 0 Å². The van der Waals surface area contributed by atoms with Crippen LogP contribution in [0.3, 0.4) is 0 Å². The number of anilines is 2. The molecule has 0 bridgehead atoms. The summed E-state index contributed by atoms with van der Waals surface area (Å²) < 4.78 is 27.5. The second-order valence-corrected chi connectivity index (χ2v) is 8.69. The summed E-state index contributed by atoms with van der Waals surface area (Å²) in [7, 11) is 0. The van der Waals surface area contributed by atoms with Gasteiger partial charge in [0.15, 0.2) is 10.3 Å². The molecule has 10 heteroatoms. The number of thioether (sulfide) groups is 1. The molecule has 0 aliphatic carbocycles. The molecule has 0 atom stereocenters. The third kappa shape index (κ3) is 4.76. The molecule has 1 fully saturated rings. The SMILES string of the molecule is CC(=O)N(c1nc(/C=C2/SC(=Nc3cccc(C)c3)NC2=O)cs1)c1ccc(F)cc1F. The summed E-state index contributed by atoms with van der Waals surface area (Å²) in [5.74, 6) is -2.42. The Hall–Kier alpha value is -3.37. The van der Waals surface area contributed by atoms with E-state index in [-0.39, 0.29) is 16.7 Å². The lowest BCUT2D eigenvalue weighted by Crippen LogP contribution is -2.23. The number of aryl methyl sites for hydroxylation is 1. The van der Waals surface area contributed by atoms with Crippen molar-refractivity contribution >= 4 is 62.7 Å². The average molecular weight is 471 g/mol. The maximum absolute atomic E-state index is 14.2. The first kappa shape index (κ1) is 21.8. The predicted molar refractivity (Wildman–Crippen MR) is 123 cm³/mol. The minimum Gasteiger partial charge on any atom is -0.300 e. The minimum absolute atomic E-state index is 0.104. The van der Waals surface area contributed by atoms with Crippen molar-refractivity contribution in [3.05, 3.63) is 75.6 Å². The van der Waals surface area contributed by atoms with E-state index >= 15 is 0 Å². The zero-order chi connectivity index (χ0) is 22.8. The monoisotopic (exact) mass is 470 g/mol. The average Bonchev–Trinajstić information content (AvgIpc) is 3.30. The molecule has 0 spiro atoms.